The molecule has 1 heterocycles. The van der Waals surface area contributed by atoms with Gasteiger partial charge in [0.25, 0.3) is 5.91 Å². The molecule has 5 heteroatoms. The van der Waals surface area contributed by atoms with Gasteiger partial charge in [0.15, 0.2) is 6.61 Å². The van der Waals surface area contributed by atoms with Crippen LogP contribution in [0.2, 0.25) is 0 Å². The lowest BCUT2D eigenvalue weighted by Crippen LogP contribution is -2.27. The van der Waals surface area contributed by atoms with Gasteiger partial charge in [-0.05, 0) is 36.8 Å². The van der Waals surface area contributed by atoms with E-state index in [2.05, 4.69) is 10.4 Å². The first kappa shape index (κ1) is 13.2. The van der Waals surface area contributed by atoms with Crippen LogP contribution in [-0.4, -0.2) is 22.2 Å². The van der Waals surface area contributed by atoms with Crippen LogP contribution in [0.25, 0.3) is 11.0 Å². The number of imidazole rings is 1. The quantitative estimate of drug-likeness (QED) is 0.799. The maximum Gasteiger partial charge on any atom is 0.276 e. The summed E-state index contributed by atoms with van der Waals surface area (Å²) >= 11 is 0. The summed E-state index contributed by atoms with van der Waals surface area (Å²) in [5.74, 6) is 0.445. The van der Waals surface area contributed by atoms with Crippen molar-refractivity contribution in [1.29, 1.82) is 0 Å². The summed E-state index contributed by atoms with van der Waals surface area (Å²) in [7, 11) is 0. The molecule has 0 saturated carbocycles. The van der Waals surface area contributed by atoms with Gasteiger partial charge in [0.1, 0.15) is 12.1 Å². The Kier molecular flexibility index (Phi) is 3.55. The van der Waals surface area contributed by atoms with Gasteiger partial charge in [0, 0.05) is 0 Å². The molecule has 0 aliphatic rings. The molecule has 1 amide bonds. The molecule has 3 aromatic rings. The molecule has 3 rings (SSSR count). The molecule has 5 nitrogen and oxygen atoms in total. The van der Waals surface area contributed by atoms with Gasteiger partial charge in [-0.3, -0.25) is 10.2 Å². The number of para-hydroxylation sites is 2. The van der Waals surface area contributed by atoms with E-state index in [1.54, 1.807) is 11.0 Å². The largest absolute Gasteiger partial charge is 0.484 e. The second-order valence-corrected chi connectivity index (χ2v) is 4.74. The van der Waals surface area contributed by atoms with Crippen LogP contribution in [0.5, 0.6) is 5.75 Å². The second-order valence-electron chi connectivity index (χ2n) is 4.74. The number of benzene rings is 2. The molecule has 21 heavy (non-hydrogen) atoms. The summed E-state index contributed by atoms with van der Waals surface area (Å²) in [5.41, 5.74) is 5.51. The second kappa shape index (κ2) is 5.66. The first-order chi connectivity index (χ1) is 10.2. The number of carbonyl (C=O) groups is 1. The van der Waals surface area contributed by atoms with Gasteiger partial charge in [-0.1, -0.05) is 24.3 Å². The third-order valence-corrected chi connectivity index (χ3v) is 3.06. The van der Waals surface area contributed by atoms with Crippen LogP contribution in [0.4, 0.5) is 0 Å². The highest BCUT2D eigenvalue weighted by Crippen LogP contribution is 2.12. The standard InChI is InChI=1S/C16H15N3O2/c1-12-5-4-6-13(9-12)21-10-16(20)18-19-11-17-14-7-2-3-8-15(14)19/h2-9,11H,10H2,1H3,(H,18,20). The van der Waals surface area contributed by atoms with Crippen molar-refractivity contribution in [2.45, 2.75) is 6.92 Å². The number of amides is 1. The van der Waals surface area contributed by atoms with Gasteiger partial charge >= 0.3 is 0 Å². The highest BCUT2D eigenvalue weighted by molar-refractivity contribution is 5.87. The van der Waals surface area contributed by atoms with Crippen molar-refractivity contribution in [3.63, 3.8) is 0 Å². The molecule has 1 aromatic heterocycles. The Morgan fingerprint density at radius 1 is 1.24 bits per heavy atom. The van der Waals surface area contributed by atoms with Gasteiger partial charge in [0.05, 0.1) is 11.0 Å². The Morgan fingerprint density at radius 2 is 2.10 bits per heavy atom. The molecule has 2 aromatic carbocycles. The molecule has 0 spiro atoms. The van der Waals surface area contributed by atoms with Crippen molar-refractivity contribution < 1.29 is 9.53 Å². The fourth-order valence-corrected chi connectivity index (χ4v) is 2.07. The van der Waals surface area contributed by atoms with Gasteiger partial charge in [-0.2, -0.15) is 0 Å². The smallest absolute Gasteiger partial charge is 0.276 e. The van der Waals surface area contributed by atoms with E-state index in [1.165, 1.54) is 0 Å². The summed E-state index contributed by atoms with van der Waals surface area (Å²) in [4.78, 5) is 16.1. The molecule has 106 valence electrons. The number of hydrogen-bond acceptors (Lipinski definition) is 3. The Hall–Kier alpha value is -2.82. The summed E-state index contributed by atoms with van der Waals surface area (Å²) < 4.78 is 7.06. The number of nitrogens with one attached hydrogen (secondary N) is 1. The van der Waals surface area contributed by atoms with E-state index in [1.807, 2.05) is 55.5 Å². The molecule has 0 fully saturated rings. The number of fused-ring (bicyclic) bond motifs is 1. The molecule has 0 aliphatic heterocycles. The minimum Gasteiger partial charge on any atom is -0.484 e. The fraction of sp³-hybridized carbons (Fsp3) is 0.125. The number of hydrogen-bond donors (Lipinski definition) is 1. The first-order valence-corrected chi connectivity index (χ1v) is 6.64. The molecule has 0 aliphatic carbocycles. The Labute approximate surface area is 122 Å². The highest BCUT2D eigenvalue weighted by Gasteiger charge is 2.06. The highest BCUT2D eigenvalue weighted by atomic mass is 16.5. The number of ether oxygens (including phenoxy) is 1. The summed E-state index contributed by atoms with van der Waals surface area (Å²) in [5, 5.41) is 0. The van der Waals surface area contributed by atoms with Crippen LogP contribution in [0.1, 0.15) is 5.56 Å². The van der Waals surface area contributed by atoms with Gasteiger partial charge in [-0.25, -0.2) is 9.66 Å². The van der Waals surface area contributed by atoms with E-state index in [9.17, 15) is 4.79 Å². The topological polar surface area (TPSA) is 56.1 Å². The zero-order valence-electron chi connectivity index (χ0n) is 11.6. The molecular weight excluding hydrogens is 266 g/mol. The maximum absolute atomic E-state index is 11.9. The summed E-state index contributed by atoms with van der Waals surface area (Å²) in [6.45, 7) is 1.93. The van der Waals surface area contributed by atoms with Crippen LogP contribution in [0.3, 0.4) is 0 Å². The lowest BCUT2D eigenvalue weighted by atomic mass is 10.2. The van der Waals surface area contributed by atoms with Crippen LogP contribution < -0.4 is 10.2 Å². The molecular formula is C16H15N3O2. The maximum atomic E-state index is 11.9. The average molecular weight is 281 g/mol. The fourth-order valence-electron chi connectivity index (χ4n) is 2.07. The lowest BCUT2D eigenvalue weighted by molar-refractivity contribution is -0.119. The van der Waals surface area contributed by atoms with Gasteiger partial charge in [0.2, 0.25) is 0 Å². The normalized spacial score (nSPS) is 10.5. The summed E-state index contributed by atoms with van der Waals surface area (Å²) in [6.07, 6.45) is 1.58. The number of aryl methyl sites for hydroxylation is 1. The van der Waals surface area contributed by atoms with Crippen molar-refractivity contribution in [3.05, 3.63) is 60.4 Å². The minimum absolute atomic E-state index is 0.0457. The van der Waals surface area contributed by atoms with Crippen molar-refractivity contribution in [2.24, 2.45) is 0 Å². The SMILES string of the molecule is Cc1cccc(OCC(=O)Nn2cnc3ccccc32)c1. The van der Waals surface area contributed by atoms with Crippen LogP contribution in [0, 0.1) is 6.92 Å². The van der Waals surface area contributed by atoms with Crippen molar-refractivity contribution in [3.8, 4) is 5.75 Å². The predicted molar refractivity (Wildman–Crippen MR) is 80.8 cm³/mol. The number of rotatable bonds is 4. The van der Waals surface area contributed by atoms with Crippen LogP contribution in [0.15, 0.2) is 54.9 Å². The summed E-state index contributed by atoms with van der Waals surface area (Å²) in [6, 6.07) is 15.2. The zero-order chi connectivity index (χ0) is 14.7. The van der Waals surface area contributed by atoms with Crippen molar-refractivity contribution in [2.75, 3.05) is 12.0 Å². The number of nitrogens with zero attached hydrogens (tertiary/aromatic N) is 2. The lowest BCUT2D eigenvalue weighted by Gasteiger charge is -2.09. The number of carbonyl (C=O) groups excluding carboxylic acids is 1. The first-order valence-electron chi connectivity index (χ1n) is 6.64. The van der Waals surface area contributed by atoms with E-state index in [0.29, 0.717) is 5.75 Å². The van der Waals surface area contributed by atoms with E-state index in [0.717, 1.165) is 16.6 Å². The minimum atomic E-state index is -0.236. The average Bonchev–Trinajstić information content (AvgIpc) is 2.89. The van der Waals surface area contributed by atoms with Crippen LogP contribution >= 0.6 is 0 Å². The van der Waals surface area contributed by atoms with E-state index < -0.39 is 0 Å². The van der Waals surface area contributed by atoms with E-state index in [-0.39, 0.29) is 12.5 Å². The molecule has 0 unspecified atom stereocenters. The monoisotopic (exact) mass is 281 g/mol. The molecule has 0 saturated heterocycles. The van der Waals surface area contributed by atoms with E-state index in [4.69, 9.17) is 4.74 Å². The molecule has 0 atom stereocenters. The Bertz CT molecular complexity index is 780. The third-order valence-electron chi connectivity index (χ3n) is 3.06. The van der Waals surface area contributed by atoms with Gasteiger partial charge in [-0.15, -0.1) is 0 Å². The Morgan fingerprint density at radius 3 is 2.95 bits per heavy atom. The van der Waals surface area contributed by atoms with E-state index >= 15 is 0 Å². The molecule has 0 radical (unpaired) electrons. The number of aromatic nitrogens is 2. The molecule has 1 N–H and O–H groups in total. The van der Waals surface area contributed by atoms with Crippen LogP contribution in [-0.2, 0) is 4.79 Å². The third kappa shape index (κ3) is 3.02. The zero-order valence-corrected chi connectivity index (χ0v) is 11.6. The van der Waals surface area contributed by atoms with Crippen molar-refractivity contribution >= 4 is 16.9 Å². The molecule has 0 bridgehead atoms. The van der Waals surface area contributed by atoms with Gasteiger partial charge < -0.3 is 4.74 Å². The Balaban J connectivity index is 1.64. The van der Waals surface area contributed by atoms with Crippen molar-refractivity contribution in [1.82, 2.24) is 9.66 Å². The predicted octanol–water partition coefficient (Wildman–Crippen LogP) is 2.49.